The van der Waals surface area contributed by atoms with Gasteiger partial charge < -0.3 is 4.74 Å². The molecule has 2 rings (SSSR count). The van der Waals surface area contributed by atoms with Crippen LogP contribution in [0.2, 0.25) is 0 Å². The molecule has 1 aromatic rings. The molecule has 0 spiro atoms. The van der Waals surface area contributed by atoms with Crippen molar-refractivity contribution in [3.63, 3.8) is 0 Å². The number of nitrogens with zero attached hydrogens (tertiary/aromatic N) is 1. The van der Waals surface area contributed by atoms with Crippen LogP contribution in [0.15, 0.2) is 17.2 Å². The van der Waals surface area contributed by atoms with Crippen molar-refractivity contribution < 1.29 is 13.2 Å². The topological polar surface area (TPSA) is 82.3 Å². The lowest BCUT2D eigenvalue weighted by Crippen LogP contribution is -2.17. The number of primary sulfonamides is 1. The van der Waals surface area contributed by atoms with Crippen LogP contribution in [-0.2, 0) is 10.0 Å². The maximum atomic E-state index is 11.5. The van der Waals surface area contributed by atoms with Crippen molar-refractivity contribution in [2.45, 2.75) is 43.7 Å². The second-order valence-electron chi connectivity index (χ2n) is 4.56. The number of pyridine rings is 1. The Kier molecular flexibility index (Phi) is 3.09. The maximum absolute atomic E-state index is 11.5. The lowest BCUT2D eigenvalue weighted by atomic mass is 10.1. The molecule has 6 heteroatoms. The fourth-order valence-corrected chi connectivity index (χ4v) is 2.05. The van der Waals surface area contributed by atoms with Crippen molar-refractivity contribution in [1.29, 1.82) is 0 Å². The predicted molar refractivity (Wildman–Crippen MR) is 63.3 cm³/mol. The first-order chi connectivity index (χ1) is 7.88. The van der Waals surface area contributed by atoms with Crippen molar-refractivity contribution in [3.05, 3.63) is 17.8 Å². The molecule has 0 radical (unpaired) electrons. The van der Waals surface area contributed by atoms with Gasteiger partial charge in [-0.25, -0.2) is 18.5 Å². The number of ether oxygens (including phenoxy) is 1. The van der Waals surface area contributed by atoms with Gasteiger partial charge in [-0.1, -0.05) is 13.8 Å². The first-order valence-electron chi connectivity index (χ1n) is 5.58. The van der Waals surface area contributed by atoms with E-state index in [2.05, 4.69) is 4.98 Å². The molecule has 0 aliphatic heterocycles. The molecule has 0 atom stereocenters. The highest BCUT2D eigenvalue weighted by molar-refractivity contribution is 7.89. The third kappa shape index (κ3) is 2.95. The highest BCUT2D eigenvalue weighted by Crippen LogP contribution is 2.31. The summed E-state index contributed by atoms with van der Waals surface area (Å²) in [4.78, 5) is 4.09. The number of hydrogen-bond acceptors (Lipinski definition) is 4. The van der Waals surface area contributed by atoms with Gasteiger partial charge in [0.15, 0.2) is 5.75 Å². The van der Waals surface area contributed by atoms with Crippen LogP contribution in [0.1, 0.15) is 38.3 Å². The van der Waals surface area contributed by atoms with Crippen molar-refractivity contribution in [1.82, 2.24) is 4.98 Å². The van der Waals surface area contributed by atoms with Gasteiger partial charge in [0.25, 0.3) is 10.0 Å². The van der Waals surface area contributed by atoms with E-state index < -0.39 is 10.0 Å². The van der Waals surface area contributed by atoms with E-state index in [0.29, 0.717) is 5.69 Å². The molecular formula is C11H16N2O3S. The number of hydrogen-bond donors (Lipinski definition) is 1. The van der Waals surface area contributed by atoms with E-state index in [9.17, 15) is 8.42 Å². The average molecular weight is 256 g/mol. The number of nitrogens with two attached hydrogens (primary N) is 1. The molecular weight excluding hydrogens is 240 g/mol. The van der Waals surface area contributed by atoms with Crippen molar-refractivity contribution >= 4 is 10.0 Å². The van der Waals surface area contributed by atoms with Crippen LogP contribution in [0, 0.1) is 0 Å². The molecule has 5 nitrogen and oxygen atoms in total. The van der Waals surface area contributed by atoms with Gasteiger partial charge in [0.05, 0.1) is 6.10 Å². The normalized spacial score (nSPS) is 16.2. The molecule has 94 valence electrons. The predicted octanol–water partition coefficient (Wildman–Crippen LogP) is 1.39. The van der Waals surface area contributed by atoms with Gasteiger partial charge in [-0.15, -0.1) is 0 Å². The Morgan fingerprint density at radius 2 is 2.06 bits per heavy atom. The molecule has 1 saturated carbocycles. The minimum Gasteiger partial charge on any atom is -0.487 e. The van der Waals surface area contributed by atoms with Gasteiger partial charge in [-0.2, -0.15) is 0 Å². The van der Waals surface area contributed by atoms with Gasteiger partial charge in [-0.3, -0.25) is 0 Å². The molecule has 0 aromatic carbocycles. The Labute approximate surface area is 101 Å². The second kappa shape index (κ2) is 4.27. The van der Waals surface area contributed by atoms with E-state index in [0.717, 1.165) is 12.8 Å². The summed E-state index contributed by atoms with van der Waals surface area (Å²) in [6.07, 6.45) is 2.02. The van der Waals surface area contributed by atoms with Gasteiger partial charge >= 0.3 is 0 Å². The van der Waals surface area contributed by atoms with E-state index in [1.807, 2.05) is 13.8 Å². The molecule has 1 fully saturated rings. The van der Waals surface area contributed by atoms with Crippen molar-refractivity contribution in [2.75, 3.05) is 0 Å². The van der Waals surface area contributed by atoms with Crippen molar-refractivity contribution in [3.8, 4) is 5.75 Å². The molecule has 17 heavy (non-hydrogen) atoms. The first-order valence-corrected chi connectivity index (χ1v) is 7.13. The van der Waals surface area contributed by atoms with E-state index >= 15 is 0 Å². The molecule has 1 heterocycles. The Morgan fingerprint density at radius 1 is 1.41 bits per heavy atom. The van der Waals surface area contributed by atoms with Gasteiger partial charge in [0.1, 0.15) is 0 Å². The minimum atomic E-state index is -3.84. The fourth-order valence-electron chi connectivity index (χ4n) is 1.42. The Bertz CT molecular complexity index is 522. The Balaban J connectivity index is 2.43. The summed E-state index contributed by atoms with van der Waals surface area (Å²) in [5.41, 5.74) is 0.692. The van der Waals surface area contributed by atoms with Crippen LogP contribution in [0.5, 0.6) is 5.75 Å². The zero-order valence-electron chi connectivity index (χ0n) is 9.88. The zero-order valence-corrected chi connectivity index (χ0v) is 10.7. The van der Waals surface area contributed by atoms with Crippen LogP contribution in [0.4, 0.5) is 0 Å². The molecule has 0 saturated heterocycles. The van der Waals surface area contributed by atoms with Crippen LogP contribution in [-0.4, -0.2) is 19.5 Å². The third-order valence-electron chi connectivity index (χ3n) is 2.53. The van der Waals surface area contributed by atoms with Crippen LogP contribution in [0.25, 0.3) is 0 Å². The summed E-state index contributed by atoms with van der Waals surface area (Å²) in [6, 6.07) is 3.41. The van der Waals surface area contributed by atoms with Gasteiger partial charge in [0, 0.05) is 5.69 Å². The van der Waals surface area contributed by atoms with E-state index in [1.54, 1.807) is 12.1 Å². The smallest absolute Gasteiger partial charge is 0.259 e. The molecule has 1 aliphatic carbocycles. The monoisotopic (exact) mass is 256 g/mol. The quantitative estimate of drug-likeness (QED) is 0.882. The number of sulfonamides is 1. The molecule has 0 bridgehead atoms. The minimum absolute atomic E-state index is 0.113. The molecule has 1 aromatic heterocycles. The van der Waals surface area contributed by atoms with Crippen molar-refractivity contribution in [2.24, 2.45) is 5.14 Å². The highest BCUT2D eigenvalue weighted by Gasteiger charge is 2.27. The largest absolute Gasteiger partial charge is 0.487 e. The summed E-state index contributed by atoms with van der Waals surface area (Å²) >= 11 is 0. The molecule has 1 aliphatic rings. The zero-order chi connectivity index (χ0) is 12.6. The van der Waals surface area contributed by atoms with E-state index in [4.69, 9.17) is 9.88 Å². The summed E-state index contributed by atoms with van der Waals surface area (Å²) < 4.78 is 28.4. The lowest BCUT2D eigenvalue weighted by Gasteiger charge is -2.11. The SMILES string of the molecule is CC(C)c1ccc(OC2CC2)c(S(N)(=O)=O)n1. The summed E-state index contributed by atoms with van der Waals surface area (Å²) in [5, 5.41) is 5.00. The standard InChI is InChI=1S/C11H16N2O3S/c1-7(2)9-5-6-10(16-8-3-4-8)11(13-9)17(12,14)15/h5-8H,3-4H2,1-2H3,(H2,12,14,15). The van der Waals surface area contributed by atoms with Crippen LogP contribution in [0.3, 0.4) is 0 Å². The molecule has 2 N–H and O–H groups in total. The first kappa shape index (κ1) is 12.3. The Morgan fingerprint density at radius 3 is 2.53 bits per heavy atom. The van der Waals surface area contributed by atoms with Crippen LogP contribution < -0.4 is 9.88 Å². The Hall–Kier alpha value is -1.14. The third-order valence-corrected chi connectivity index (χ3v) is 3.36. The second-order valence-corrected chi connectivity index (χ2v) is 6.03. The summed E-state index contributed by atoms with van der Waals surface area (Å²) in [6.45, 7) is 3.88. The molecule has 0 unspecified atom stereocenters. The number of rotatable bonds is 4. The number of aromatic nitrogens is 1. The van der Waals surface area contributed by atoms with Crippen LogP contribution >= 0.6 is 0 Å². The highest BCUT2D eigenvalue weighted by atomic mass is 32.2. The van der Waals surface area contributed by atoms with Gasteiger partial charge in [0.2, 0.25) is 5.03 Å². The maximum Gasteiger partial charge on any atom is 0.259 e. The molecule has 0 amide bonds. The van der Waals surface area contributed by atoms with E-state index in [1.165, 1.54) is 0 Å². The average Bonchev–Trinajstić information content (AvgIpc) is 3.00. The summed E-state index contributed by atoms with van der Waals surface area (Å²) in [7, 11) is -3.84. The summed E-state index contributed by atoms with van der Waals surface area (Å²) in [5.74, 6) is 0.407. The van der Waals surface area contributed by atoms with E-state index in [-0.39, 0.29) is 22.8 Å². The fraction of sp³-hybridized carbons (Fsp3) is 0.545. The van der Waals surface area contributed by atoms with Gasteiger partial charge in [-0.05, 0) is 30.9 Å². The lowest BCUT2D eigenvalue weighted by molar-refractivity contribution is 0.292.